The minimum atomic E-state index is -0.574. The Labute approximate surface area is 257 Å². The highest BCUT2D eigenvalue weighted by atomic mass is 16.6. The van der Waals surface area contributed by atoms with Crippen LogP contribution in [0.4, 0.5) is 4.79 Å². The minimum Gasteiger partial charge on any atom is -0.491 e. The van der Waals surface area contributed by atoms with Crippen LogP contribution < -0.4 is 20.7 Å². The van der Waals surface area contributed by atoms with Crippen molar-refractivity contribution in [2.24, 2.45) is 5.92 Å². The fourth-order valence-electron chi connectivity index (χ4n) is 5.11. The molecule has 0 saturated heterocycles. The summed E-state index contributed by atoms with van der Waals surface area (Å²) in [5.41, 5.74) is 1.10. The first-order valence-corrected chi connectivity index (χ1v) is 15.2. The smallest absolute Gasteiger partial charge is 0.407 e. The summed E-state index contributed by atoms with van der Waals surface area (Å²) in [4.78, 5) is 52.2. The molecule has 1 heterocycles. The minimum absolute atomic E-state index is 0.0987. The second-order valence-corrected chi connectivity index (χ2v) is 13.5. The van der Waals surface area contributed by atoms with Gasteiger partial charge < -0.3 is 30.3 Å². The fraction of sp³-hybridized carbons (Fsp3) is 0.636. The van der Waals surface area contributed by atoms with Crippen molar-refractivity contribution in [3.05, 3.63) is 41.6 Å². The molecule has 240 valence electrons. The van der Waals surface area contributed by atoms with Crippen LogP contribution in [0.25, 0.3) is 0 Å². The molecule has 1 aromatic rings. The van der Waals surface area contributed by atoms with Crippen LogP contribution in [0.1, 0.15) is 103 Å². The number of likely N-dealkylation sites (N-methyl/N-ethyl adjacent to an activating group) is 1. The van der Waals surface area contributed by atoms with Crippen LogP contribution in [-0.2, 0) is 19.7 Å². The number of ether oxygens (including phenoxy) is 2. The first-order chi connectivity index (χ1) is 20.0. The lowest BCUT2D eigenvalue weighted by Crippen LogP contribution is -2.45. The predicted octanol–water partition coefficient (Wildman–Crippen LogP) is 5.06. The number of amides is 4. The number of nitrogens with one attached hydrogen (secondary N) is 3. The normalized spacial score (nSPS) is 17.7. The number of unbranched alkanes of at least 4 members (excludes halogenated alkanes) is 1. The Morgan fingerprint density at radius 2 is 1.84 bits per heavy atom. The van der Waals surface area contributed by atoms with E-state index in [4.69, 9.17) is 9.47 Å². The van der Waals surface area contributed by atoms with Gasteiger partial charge in [0.05, 0.1) is 18.2 Å². The number of carbonyl (C=O) groups is 4. The fourth-order valence-corrected chi connectivity index (χ4v) is 5.11. The van der Waals surface area contributed by atoms with Gasteiger partial charge in [0.2, 0.25) is 11.8 Å². The number of alkyl carbamates (subject to hydrolysis) is 1. The predicted molar refractivity (Wildman–Crippen MR) is 168 cm³/mol. The van der Waals surface area contributed by atoms with Gasteiger partial charge in [0, 0.05) is 25.7 Å². The Morgan fingerprint density at radius 1 is 1.14 bits per heavy atom. The van der Waals surface area contributed by atoms with Crippen molar-refractivity contribution >= 4 is 23.8 Å². The number of hydrogen-bond acceptors (Lipinski definition) is 6. The summed E-state index contributed by atoms with van der Waals surface area (Å²) < 4.78 is 11.6. The van der Waals surface area contributed by atoms with Crippen molar-refractivity contribution in [2.45, 2.75) is 104 Å². The zero-order valence-electron chi connectivity index (χ0n) is 27.4. The van der Waals surface area contributed by atoms with E-state index < -0.39 is 11.7 Å². The highest BCUT2D eigenvalue weighted by Crippen LogP contribution is 2.34. The van der Waals surface area contributed by atoms with Crippen molar-refractivity contribution < 1.29 is 28.7 Å². The lowest BCUT2D eigenvalue weighted by Gasteiger charge is -2.28. The number of nitrogens with zero attached hydrogens (tertiary/aromatic N) is 1. The van der Waals surface area contributed by atoms with Crippen molar-refractivity contribution in [3.63, 3.8) is 0 Å². The molecule has 0 fully saturated rings. The van der Waals surface area contributed by atoms with E-state index in [1.54, 1.807) is 13.1 Å². The first kappa shape index (κ1) is 35.6. The van der Waals surface area contributed by atoms with Crippen molar-refractivity contribution in [1.82, 2.24) is 20.9 Å². The zero-order chi connectivity index (χ0) is 32.4. The molecule has 1 aromatic carbocycles. The van der Waals surface area contributed by atoms with Gasteiger partial charge in [-0.05, 0) is 81.9 Å². The van der Waals surface area contributed by atoms with E-state index in [2.05, 4.69) is 50.2 Å². The molecular formula is C33H52N4O6. The number of hydrogen-bond donors (Lipinski definition) is 3. The molecule has 10 nitrogen and oxygen atoms in total. The molecule has 1 aliphatic heterocycles. The second-order valence-electron chi connectivity index (χ2n) is 13.5. The summed E-state index contributed by atoms with van der Waals surface area (Å²) in [6, 6.07) is 5.25. The molecule has 0 bridgehead atoms. The summed E-state index contributed by atoms with van der Waals surface area (Å²) in [6.45, 7) is 18.5. The Bertz CT molecular complexity index is 1150. The quantitative estimate of drug-likeness (QED) is 0.358. The number of carbonyl (C=O) groups excluding carboxylic acids is 4. The molecule has 0 aromatic heterocycles. The molecule has 0 radical (unpaired) electrons. The van der Waals surface area contributed by atoms with Crippen LogP contribution in [0.15, 0.2) is 30.5 Å². The molecular weight excluding hydrogens is 548 g/mol. The van der Waals surface area contributed by atoms with E-state index in [1.165, 1.54) is 4.90 Å². The lowest BCUT2D eigenvalue weighted by atomic mass is 9.77. The van der Waals surface area contributed by atoms with Crippen molar-refractivity contribution in [1.29, 1.82) is 0 Å². The maximum atomic E-state index is 13.3. The number of fused-ring (bicyclic) bond motifs is 1. The molecule has 10 heteroatoms. The van der Waals surface area contributed by atoms with Crippen molar-refractivity contribution in [2.75, 3.05) is 26.7 Å². The maximum Gasteiger partial charge on any atom is 0.407 e. The standard InChI is InChI=1S/C33H52N4O6/c1-22(2)19-33(7,8)24-14-15-26-27(18-24)42-21-25(12-10-11-17-34-31(41)43-32(4,5)6)36-28(38)20-37(9)29(39)16-13-23(3)35-30(26)40/h14-15,18,22,25H,3,10-13,16-17,19-21H2,1-2,4-9H3,(H,34,41)(H,35,40)(H,36,38)/t25-/m0/s1. The van der Waals surface area contributed by atoms with Crippen LogP contribution in [0.5, 0.6) is 5.75 Å². The Morgan fingerprint density at radius 3 is 2.49 bits per heavy atom. The van der Waals surface area contributed by atoms with Gasteiger partial charge in [0.1, 0.15) is 18.0 Å². The molecule has 0 aliphatic carbocycles. The molecule has 2 rings (SSSR count). The topological polar surface area (TPSA) is 126 Å². The van der Waals surface area contributed by atoms with E-state index in [1.807, 2.05) is 32.9 Å². The monoisotopic (exact) mass is 600 g/mol. The van der Waals surface area contributed by atoms with Gasteiger partial charge in [-0.1, -0.05) is 40.3 Å². The molecule has 0 unspecified atom stereocenters. The van der Waals surface area contributed by atoms with Crippen LogP contribution in [0.3, 0.4) is 0 Å². The number of rotatable bonds is 8. The molecule has 1 aliphatic rings. The number of allylic oxidation sites excluding steroid dienone is 1. The SMILES string of the molecule is C=C1CCC(=O)N(C)CC(=O)N[C@@H](CCCCNC(=O)OC(C)(C)C)COc2cc(C(C)(C)CC(C)C)ccc2C(=O)N1. The Kier molecular flexibility index (Phi) is 13.1. The summed E-state index contributed by atoms with van der Waals surface area (Å²) in [5, 5.41) is 8.56. The molecule has 1 atom stereocenters. The van der Waals surface area contributed by atoms with Gasteiger partial charge in [-0.25, -0.2) is 4.79 Å². The van der Waals surface area contributed by atoms with E-state index in [0.29, 0.717) is 48.7 Å². The first-order valence-electron chi connectivity index (χ1n) is 15.2. The zero-order valence-corrected chi connectivity index (χ0v) is 27.4. The van der Waals surface area contributed by atoms with Gasteiger partial charge in [-0.3, -0.25) is 14.4 Å². The van der Waals surface area contributed by atoms with Gasteiger partial charge in [0.25, 0.3) is 5.91 Å². The molecule has 0 spiro atoms. The average molecular weight is 601 g/mol. The van der Waals surface area contributed by atoms with Crippen LogP contribution in [-0.4, -0.2) is 67.1 Å². The average Bonchev–Trinajstić information content (AvgIpc) is 2.87. The van der Waals surface area contributed by atoms with Gasteiger partial charge >= 0.3 is 6.09 Å². The molecule has 0 saturated carbocycles. The van der Waals surface area contributed by atoms with Gasteiger partial charge in [0.15, 0.2) is 0 Å². The maximum absolute atomic E-state index is 13.3. The van der Waals surface area contributed by atoms with Gasteiger partial charge in [-0.2, -0.15) is 0 Å². The highest BCUT2D eigenvalue weighted by molar-refractivity contribution is 5.98. The van der Waals surface area contributed by atoms with E-state index >= 15 is 0 Å². The third-order valence-electron chi connectivity index (χ3n) is 7.12. The van der Waals surface area contributed by atoms with Gasteiger partial charge in [-0.15, -0.1) is 0 Å². The van der Waals surface area contributed by atoms with E-state index in [9.17, 15) is 19.2 Å². The number of benzene rings is 1. The summed E-state index contributed by atoms with van der Waals surface area (Å²) >= 11 is 0. The lowest BCUT2D eigenvalue weighted by molar-refractivity contribution is -0.135. The molecule has 43 heavy (non-hydrogen) atoms. The Balaban J connectivity index is 2.28. The third-order valence-corrected chi connectivity index (χ3v) is 7.12. The Hall–Kier alpha value is -3.56. The largest absolute Gasteiger partial charge is 0.491 e. The second kappa shape index (κ2) is 15.8. The van der Waals surface area contributed by atoms with E-state index in [0.717, 1.165) is 12.0 Å². The summed E-state index contributed by atoms with van der Waals surface area (Å²) in [5.74, 6) is 0.0155. The van der Waals surface area contributed by atoms with Crippen LogP contribution >= 0.6 is 0 Å². The van der Waals surface area contributed by atoms with Crippen molar-refractivity contribution in [3.8, 4) is 5.75 Å². The van der Waals surface area contributed by atoms with Crippen LogP contribution in [0, 0.1) is 5.92 Å². The van der Waals surface area contributed by atoms with E-state index in [-0.39, 0.29) is 55.2 Å². The molecule has 3 N–H and O–H groups in total. The van der Waals surface area contributed by atoms with Crippen LogP contribution in [0.2, 0.25) is 0 Å². The summed E-state index contributed by atoms with van der Waals surface area (Å²) in [6.07, 6.45) is 2.77. The molecule has 4 amide bonds. The highest BCUT2D eigenvalue weighted by Gasteiger charge is 2.26. The summed E-state index contributed by atoms with van der Waals surface area (Å²) in [7, 11) is 1.57. The third kappa shape index (κ3) is 12.7.